The second-order valence-corrected chi connectivity index (χ2v) is 5.04. The number of aromatic nitrogens is 4. The number of hydrogen-bond acceptors (Lipinski definition) is 7. The third kappa shape index (κ3) is 2.65. The van der Waals surface area contributed by atoms with E-state index in [0.717, 1.165) is 0 Å². The Labute approximate surface area is 129 Å². The van der Waals surface area contributed by atoms with E-state index < -0.39 is 30.2 Å². The van der Waals surface area contributed by atoms with Crippen LogP contribution in [-0.2, 0) is 4.74 Å². The summed E-state index contributed by atoms with van der Waals surface area (Å²) < 4.78 is 6.71. The minimum Gasteiger partial charge on any atom is -0.394 e. The van der Waals surface area contributed by atoms with Crippen LogP contribution in [0, 0.1) is 0 Å². The topological polar surface area (TPSA) is 154 Å². The first-order valence-corrected chi connectivity index (χ1v) is 6.93. The molecule has 23 heavy (non-hydrogen) atoms. The molecule has 11 nitrogen and oxygen atoms in total. The highest BCUT2D eigenvalue weighted by molar-refractivity contribution is 5.95. The first kappa shape index (κ1) is 15.4. The lowest BCUT2D eigenvalue weighted by Crippen LogP contribution is -2.25. The Morgan fingerprint density at radius 3 is 3.00 bits per heavy atom. The molecule has 2 unspecified atom stereocenters. The van der Waals surface area contributed by atoms with Crippen molar-refractivity contribution in [3.8, 4) is 0 Å². The highest BCUT2D eigenvalue weighted by Crippen LogP contribution is 2.30. The second-order valence-electron chi connectivity index (χ2n) is 5.04. The number of carbonyl (C=O) groups is 1. The summed E-state index contributed by atoms with van der Waals surface area (Å²) in [5.41, 5.74) is -0.0462. The molecule has 3 rings (SSSR count). The van der Waals surface area contributed by atoms with Crippen LogP contribution in [-0.4, -0.2) is 61.6 Å². The van der Waals surface area contributed by atoms with Gasteiger partial charge < -0.3 is 25.3 Å². The molecular weight excluding hydrogens is 308 g/mol. The Hall–Kier alpha value is -2.50. The summed E-state index contributed by atoms with van der Waals surface area (Å²) in [5, 5.41) is 23.8. The summed E-state index contributed by atoms with van der Waals surface area (Å²) in [6.07, 6.45) is -1.08. The molecule has 1 aliphatic heterocycles. The molecule has 2 aromatic heterocycles. The van der Waals surface area contributed by atoms with Gasteiger partial charge in [-0.2, -0.15) is 0 Å². The molecule has 11 heteroatoms. The highest BCUT2D eigenvalue weighted by atomic mass is 16.5. The number of aliphatic hydroxyl groups excluding tert-OH is 2. The van der Waals surface area contributed by atoms with Crippen LogP contribution in [0.3, 0.4) is 0 Å². The normalized spacial score (nSPS) is 24.0. The standard InChI is InChI=1S/C12H16N6O5/c1-13-11(21)17-9-8-10(15-4-14-9)18(12(22)16-8)7-2-5(20)6(3-19)23-7/h4-7,19-20H,2-3H2,1H3,(H,16,22)(H2,13,14,15,17,21)/t5?,6?,7-/m1/s1. The quantitative estimate of drug-likeness (QED) is 0.461. The molecule has 0 aromatic carbocycles. The number of nitrogens with one attached hydrogen (secondary N) is 3. The number of nitrogens with zero attached hydrogens (tertiary/aromatic N) is 3. The summed E-state index contributed by atoms with van der Waals surface area (Å²) in [7, 11) is 1.45. The fraction of sp³-hybridized carbons (Fsp3) is 0.500. The van der Waals surface area contributed by atoms with Crippen LogP contribution in [0.1, 0.15) is 12.6 Å². The van der Waals surface area contributed by atoms with Gasteiger partial charge >= 0.3 is 11.7 Å². The van der Waals surface area contributed by atoms with Crippen molar-refractivity contribution in [2.24, 2.45) is 0 Å². The number of imidazole rings is 1. The van der Waals surface area contributed by atoms with Crippen LogP contribution in [0.25, 0.3) is 11.2 Å². The predicted octanol–water partition coefficient (Wildman–Crippen LogP) is -1.49. The van der Waals surface area contributed by atoms with E-state index in [4.69, 9.17) is 9.84 Å². The van der Waals surface area contributed by atoms with Gasteiger partial charge in [-0.1, -0.05) is 0 Å². The minimum absolute atomic E-state index is 0.139. The molecule has 1 fully saturated rings. The number of rotatable bonds is 3. The number of aliphatic hydroxyl groups is 2. The van der Waals surface area contributed by atoms with Gasteiger partial charge in [-0.05, 0) is 0 Å². The van der Waals surface area contributed by atoms with Crippen molar-refractivity contribution in [3.63, 3.8) is 0 Å². The van der Waals surface area contributed by atoms with Crippen LogP contribution in [0.15, 0.2) is 11.1 Å². The Morgan fingerprint density at radius 1 is 1.57 bits per heavy atom. The van der Waals surface area contributed by atoms with Crippen molar-refractivity contribution in [1.82, 2.24) is 24.8 Å². The zero-order valence-electron chi connectivity index (χ0n) is 12.2. The largest absolute Gasteiger partial charge is 0.394 e. The SMILES string of the molecule is CNC(=O)Nc1ncnc2c1[nH]c(=O)n2[C@H]1CC(O)C(CO)O1. The van der Waals surface area contributed by atoms with Gasteiger partial charge in [0, 0.05) is 13.5 Å². The number of hydrogen-bond donors (Lipinski definition) is 5. The average molecular weight is 324 g/mol. The predicted molar refractivity (Wildman–Crippen MR) is 77.8 cm³/mol. The summed E-state index contributed by atoms with van der Waals surface area (Å²) in [6.45, 7) is -0.354. The van der Waals surface area contributed by atoms with E-state index >= 15 is 0 Å². The van der Waals surface area contributed by atoms with Crippen molar-refractivity contribution in [1.29, 1.82) is 0 Å². The van der Waals surface area contributed by atoms with E-state index in [1.54, 1.807) is 0 Å². The molecule has 3 heterocycles. The summed E-state index contributed by atoms with van der Waals surface area (Å²) in [4.78, 5) is 34.2. The van der Waals surface area contributed by atoms with Crippen LogP contribution >= 0.6 is 0 Å². The van der Waals surface area contributed by atoms with Gasteiger partial charge in [-0.15, -0.1) is 0 Å². The van der Waals surface area contributed by atoms with E-state index in [1.807, 2.05) is 0 Å². The molecule has 0 saturated carbocycles. The van der Waals surface area contributed by atoms with E-state index in [0.29, 0.717) is 0 Å². The Morgan fingerprint density at radius 2 is 2.35 bits per heavy atom. The average Bonchev–Trinajstić information content (AvgIpc) is 3.06. The maximum Gasteiger partial charge on any atom is 0.329 e. The number of carbonyl (C=O) groups excluding carboxylic acids is 1. The lowest BCUT2D eigenvalue weighted by Gasteiger charge is -2.13. The van der Waals surface area contributed by atoms with E-state index in [1.165, 1.54) is 17.9 Å². The Bertz CT molecular complexity index is 786. The molecule has 0 bridgehead atoms. The van der Waals surface area contributed by atoms with Gasteiger partial charge in [0.25, 0.3) is 0 Å². The number of anilines is 1. The van der Waals surface area contributed by atoms with Gasteiger partial charge in [0.05, 0.1) is 12.7 Å². The van der Waals surface area contributed by atoms with Crippen LogP contribution in [0.4, 0.5) is 10.6 Å². The number of H-pyrrole nitrogens is 1. The van der Waals surface area contributed by atoms with Gasteiger partial charge in [0.2, 0.25) is 0 Å². The molecule has 0 aliphatic carbocycles. The number of amides is 2. The Balaban J connectivity index is 2.03. The summed E-state index contributed by atoms with van der Waals surface area (Å²) >= 11 is 0. The summed E-state index contributed by atoms with van der Waals surface area (Å²) in [5.74, 6) is 0.141. The maximum absolute atomic E-state index is 12.2. The molecule has 124 valence electrons. The highest BCUT2D eigenvalue weighted by Gasteiger charge is 2.36. The zero-order chi connectivity index (χ0) is 16.6. The maximum atomic E-state index is 12.2. The molecule has 2 amide bonds. The fourth-order valence-corrected chi connectivity index (χ4v) is 2.51. The number of urea groups is 1. The lowest BCUT2D eigenvalue weighted by atomic mass is 10.2. The van der Waals surface area contributed by atoms with Crippen molar-refractivity contribution < 1.29 is 19.7 Å². The fourth-order valence-electron chi connectivity index (χ4n) is 2.51. The van der Waals surface area contributed by atoms with E-state index in [2.05, 4.69) is 25.6 Å². The lowest BCUT2D eigenvalue weighted by molar-refractivity contribution is -0.0441. The molecule has 1 saturated heterocycles. The molecular formula is C12H16N6O5. The van der Waals surface area contributed by atoms with Crippen molar-refractivity contribution in [2.75, 3.05) is 19.0 Å². The molecule has 5 N–H and O–H groups in total. The molecule has 0 radical (unpaired) electrons. The van der Waals surface area contributed by atoms with Crippen LogP contribution < -0.4 is 16.3 Å². The third-order valence-electron chi connectivity index (χ3n) is 3.64. The smallest absolute Gasteiger partial charge is 0.329 e. The first-order valence-electron chi connectivity index (χ1n) is 6.93. The van der Waals surface area contributed by atoms with Gasteiger partial charge in [-0.25, -0.2) is 24.1 Å². The van der Waals surface area contributed by atoms with E-state index in [9.17, 15) is 14.7 Å². The number of ether oxygens (including phenoxy) is 1. The summed E-state index contributed by atoms with van der Waals surface area (Å²) in [6, 6.07) is -0.494. The van der Waals surface area contributed by atoms with Crippen molar-refractivity contribution >= 4 is 23.0 Å². The molecule has 0 spiro atoms. The van der Waals surface area contributed by atoms with E-state index in [-0.39, 0.29) is 30.0 Å². The third-order valence-corrected chi connectivity index (χ3v) is 3.64. The second kappa shape index (κ2) is 5.95. The van der Waals surface area contributed by atoms with Gasteiger partial charge in [0.15, 0.2) is 11.5 Å². The van der Waals surface area contributed by atoms with Crippen molar-refractivity contribution in [3.05, 3.63) is 16.8 Å². The molecule has 3 atom stereocenters. The monoisotopic (exact) mass is 324 g/mol. The zero-order valence-corrected chi connectivity index (χ0v) is 12.2. The van der Waals surface area contributed by atoms with Crippen LogP contribution in [0.2, 0.25) is 0 Å². The Kier molecular flexibility index (Phi) is 3.98. The van der Waals surface area contributed by atoms with Crippen molar-refractivity contribution in [2.45, 2.75) is 24.9 Å². The van der Waals surface area contributed by atoms with Gasteiger partial charge in [-0.3, -0.25) is 5.32 Å². The van der Waals surface area contributed by atoms with Gasteiger partial charge in [0.1, 0.15) is 24.2 Å². The molecule has 2 aromatic rings. The minimum atomic E-state index is -0.882. The molecule has 1 aliphatic rings. The van der Waals surface area contributed by atoms with Crippen LogP contribution in [0.5, 0.6) is 0 Å². The number of fused-ring (bicyclic) bond motifs is 1. The number of aromatic amines is 1. The first-order chi connectivity index (χ1) is 11.0.